The van der Waals surface area contributed by atoms with Gasteiger partial charge < -0.3 is 54.1 Å². The van der Waals surface area contributed by atoms with Crippen molar-refractivity contribution in [3.8, 4) is 0 Å². The second kappa shape index (κ2) is 39.0. The first-order chi connectivity index (χ1) is 51.3. The van der Waals surface area contributed by atoms with Crippen molar-refractivity contribution in [2.75, 3.05) is 84.6 Å². The fourth-order valence-corrected chi connectivity index (χ4v) is 17.0. The van der Waals surface area contributed by atoms with Gasteiger partial charge >= 0.3 is 48.0 Å². The summed E-state index contributed by atoms with van der Waals surface area (Å²) < 4.78 is 56.8. The smallest absolute Gasteiger partial charge is 0.411 e. The minimum Gasteiger partial charge on any atom is -0.449 e. The van der Waals surface area contributed by atoms with Gasteiger partial charge in [-0.05, 0) is 163 Å². The fraction of sp³-hybridized carbons (Fsp3) is 0.275. The van der Waals surface area contributed by atoms with Crippen molar-refractivity contribution in [2.24, 2.45) is 0 Å². The molecule has 0 bridgehead atoms. The van der Waals surface area contributed by atoms with Crippen LogP contribution in [0.2, 0.25) is 0 Å². The molecule has 0 radical (unpaired) electrons. The van der Waals surface area contributed by atoms with Gasteiger partial charge in [-0.2, -0.15) is 0 Å². The summed E-state index contributed by atoms with van der Waals surface area (Å²) in [5.74, 6) is -3.90. The van der Waals surface area contributed by atoms with Crippen LogP contribution < -0.4 is 63.8 Å². The molecular formula is C80H88N8O17P2. The molecule has 0 atom stereocenters. The van der Waals surface area contributed by atoms with Gasteiger partial charge in [0.2, 0.25) is 25.3 Å². The number of benzene rings is 8. The average Bonchev–Trinajstić information content (AvgIpc) is 0.755. The summed E-state index contributed by atoms with van der Waals surface area (Å²) >= 11 is 0. The lowest BCUT2D eigenvalue weighted by molar-refractivity contribution is -0.136. The van der Waals surface area contributed by atoms with Crippen molar-refractivity contribution in [3.63, 3.8) is 0 Å². The highest BCUT2D eigenvalue weighted by Crippen LogP contribution is 2.50. The number of ether oxygens (including phenoxy) is 5. The van der Waals surface area contributed by atoms with E-state index in [1.54, 1.807) is 213 Å². The summed E-state index contributed by atoms with van der Waals surface area (Å²) in [5, 5.41) is 22.3. The molecule has 25 nitrogen and oxygen atoms in total. The molecule has 0 spiro atoms. The zero-order valence-corrected chi connectivity index (χ0v) is 62.7. The van der Waals surface area contributed by atoms with Gasteiger partial charge in [0.05, 0.1) is 26.4 Å². The number of unbranched alkanes of at least 4 members (excludes halogenated alkanes) is 2. The van der Waals surface area contributed by atoms with E-state index in [1.807, 2.05) is 0 Å². The first kappa shape index (κ1) is 81.2. The second-order valence-corrected chi connectivity index (χ2v) is 30.5. The summed E-state index contributed by atoms with van der Waals surface area (Å²) in [5.41, 5.74) is 5.42. The highest BCUT2D eigenvalue weighted by molar-refractivity contribution is 7.94. The van der Waals surface area contributed by atoms with Crippen LogP contribution in [0.4, 0.5) is 53.3 Å². The Morgan fingerprint density at radius 2 is 0.607 bits per heavy atom. The third kappa shape index (κ3) is 21.8. The molecule has 0 aliphatic heterocycles. The van der Waals surface area contributed by atoms with E-state index in [0.29, 0.717) is 127 Å². The number of hydrogen-bond acceptors (Lipinski definition) is 17. The van der Waals surface area contributed by atoms with Gasteiger partial charge in [-0.15, -0.1) is 0 Å². The minimum absolute atomic E-state index is 0.0215. The number of nitrogens with one attached hydrogen (secondary N) is 8. The largest absolute Gasteiger partial charge is 0.449 e. The molecule has 0 heterocycles. The molecular weight excluding hydrogens is 1410 g/mol. The average molecular weight is 1500 g/mol. The predicted molar refractivity (Wildman–Crippen MR) is 414 cm³/mol. The molecule has 0 aromatic heterocycles. The van der Waals surface area contributed by atoms with E-state index in [9.17, 15) is 57.1 Å². The van der Waals surface area contributed by atoms with E-state index in [1.165, 1.54) is 12.1 Å². The molecule has 0 unspecified atom stereocenters. The molecule has 0 aliphatic rings. The SMILES string of the molecule is Cc1ccc(NC(=O)OCCCCOCCCCOC(=O)Nc2ccc(C)c(NC(=O)OCCCNC(=O)C(=O)Nc3c(C)cc(C)c(C(=O)P(=O)(c4ccccc4)c4ccccc4)c3C)c2)cc1NC(=O)OCCCNC(=O)C(=O)Nc1c(C)cc(C)c(C(=O)P(=O)(c2ccccc2)c2ccccc2)c1C. The van der Waals surface area contributed by atoms with E-state index < -0.39 is 73.3 Å². The van der Waals surface area contributed by atoms with Crippen LogP contribution in [0, 0.1) is 55.4 Å². The van der Waals surface area contributed by atoms with Crippen molar-refractivity contribution >= 4 is 129 Å². The molecule has 0 fully saturated rings. The van der Waals surface area contributed by atoms with Crippen molar-refractivity contribution in [3.05, 3.63) is 225 Å². The van der Waals surface area contributed by atoms with Gasteiger partial charge in [0.25, 0.3) is 0 Å². The first-order valence-electron chi connectivity index (χ1n) is 34.8. The lowest BCUT2D eigenvalue weighted by Gasteiger charge is -2.22. The molecule has 8 aromatic carbocycles. The Morgan fingerprint density at radius 1 is 0.308 bits per heavy atom. The fourth-order valence-electron chi connectivity index (χ4n) is 11.7. The monoisotopic (exact) mass is 1490 g/mol. The minimum atomic E-state index is -3.89. The van der Waals surface area contributed by atoms with E-state index in [2.05, 4.69) is 42.5 Å². The molecule has 8 aromatic rings. The van der Waals surface area contributed by atoms with Crippen molar-refractivity contribution < 1.29 is 80.8 Å². The summed E-state index contributed by atoms with van der Waals surface area (Å²) in [6, 6.07) is 47.2. The second-order valence-electron chi connectivity index (χ2n) is 25.2. The number of anilines is 6. The Labute approximate surface area is 621 Å². The van der Waals surface area contributed by atoms with E-state index in [-0.39, 0.29) is 74.9 Å². The summed E-state index contributed by atoms with van der Waals surface area (Å²) in [4.78, 5) is 132. The van der Waals surface area contributed by atoms with Crippen molar-refractivity contribution in [2.45, 2.75) is 93.9 Å². The third-order valence-corrected chi connectivity index (χ3v) is 23.0. The lowest BCUT2D eigenvalue weighted by atomic mass is 9.98. The van der Waals surface area contributed by atoms with Gasteiger partial charge in [0.1, 0.15) is 0 Å². The maximum Gasteiger partial charge on any atom is 0.411 e. The van der Waals surface area contributed by atoms with E-state index >= 15 is 0 Å². The van der Waals surface area contributed by atoms with Crippen molar-refractivity contribution in [1.82, 2.24) is 10.6 Å². The first-order valence-corrected chi connectivity index (χ1v) is 38.2. The zero-order chi connectivity index (χ0) is 77.2. The molecule has 0 saturated heterocycles. The van der Waals surface area contributed by atoms with Gasteiger partial charge in [-0.25, -0.2) is 19.2 Å². The Kier molecular flexibility index (Phi) is 29.6. The van der Waals surface area contributed by atoms with Gasteiger partial charge in [0.15, 0.2) is 0 Å². The van der Waals surface area contributed by atoms with Gasteiger partial charge in [0, 0.05) is 92.8 Å². The summed E-state index contributed by atoms with van der Waals surface area (Å²) in [7, 11) is -7.78. The molecule has 560 valence electrons. The number of rotatable bonds is 32. The number of carbonyl (C=O) groups excluding carboxylic acids is 10. The number of carbonyl (C=O) groups is 10. The van der Waals surface area contributed by atoms with E-state index in [0.717, 1.165) is 0 Å². The number of amides is 8. The van der Waals surface area contributed by atoms with Gasteiger partial charge in [-0.3, -0.25) is 50.0 Å². The number of hydrogen-bond donors (Lipinski definition) is 8. The van der Waals surface area contributed by atoms with Crippen LogP contribution in [-0.4, -0.2) is 112 Å². The van der Waals surface area contributed by atoms with Gasteiger partial charge in [-0.1, -0.05) is 146 Å². The summed E-state index contributed by atoms with van der Waals surface area (Å²) in [6.45, 7) is 14.4. The van der Waals surface area contributed by atoms with Crippen molar-refractivity contribution in [1.29, 1.82) is 0 Å². The Bertz CT molecular complexity index is 4300. The predicted octanol–water partition coefficient (Wildman–Crippen LogP) is 13.2. The zero-order valence-electron chi connectivity index (χ0n) is 60.9. The Hall–Kier alpha value is -11.5. The van der Waals surface area contributed by atoms with Crippen LogP contribution in [0.5, 0.6) is 0 Å². The van der Waals surface area contributed by atoms with Crippen LogP contribution in [0.25, 0.3) is 0 Å². The molecule has 0 aliphatic carbocycles. The Morgan fingerprint density at radius 3 is 0.935 bits per heavy atom. The quantitative estimate of drug-likeness (QED) is 0.00840. The maximum absolute atomic E-state index is 14.9. The topological polar surface area (TPSA) is 347 Å². The molecule has 107 heavy (non-hydrogen) atoms. The molecule has 8 rings (SSSR count). The molecule has 27 heteroatoms. The third-order valence-electron chi connectivity index (χ3n) is 17.3. The van der Waals surface area contributed by atoms with Crippen LogP contribution in [0.1, 0.15) is 104 Å². The maximum atomic E-state index is 14.9. The number of aryl methyl sites for hydroxylation is 6. The highest BCUT2D eigenvalue weighted by atomic mass is 31.2. The normalized spacial score (nSPS) is 11.1. The Balaban J connectivity index is 0.647. The van der Waals surface area contributed by atoms with Crippen LogP contribution in [0.3, 0.4) is 0 Å². The molecule has 8 amide bonds. The molecule has 0 saturated carbocycles. The lowest BCUT2D eigenvalue weighted by Crippen LogP contribution is -2.36. The van der Waals surface area contributed by atoms with E-state index in [4.69, 9.17) is 23.7 Å². The molecule has 8 N–H and O–H groups in total. The summed E-state index contributed by atoms with van der Waals surface area (Å²) in [6.07, 6.45) is -0.469. The standard InChI is InChI=1S/C80H88N8O17P2/c1-51-35-37-59(49-65(51)85-79(97)104-45-25-39-81-71(89)73(91)87-69-55(5)47-53(3)67(57(69)7)75(93)106(99,61-27-13-9-14-28-61)62-29-15-10-16-30-62)83-77(95)102-43-23-21-41-101-42-22-24-44-103-78(96)84-60-38-36-52(2)66(50-60)86-80(98)105-46-26-40-82-72(90)74(92)88-70-56(6)48-54(4)68(58(70)8)76(94)107(100,63-31-17-11-18-32-63)64-33-19-12-20-34-64/h9-20,27-38,47-50H,21-26,39-46H2,1-8H3,(H,81,89)(H,82,90)(H,83,95)(H,84,96)(H,85,97)(H,86,98)(H,87,91)(H,88,92). The van der Waals surface area contributed by atoms with Crippen LogP contribution >= 0.6 is 14.3 Å². The van der Waals surface area contributed by atoms with Crippen LogP contribution in [0.15, 0.2) is 170 Å². The van der Waals surface area contributed by atoms with Crippen LogP contribution in [-0.2, 0) is 52.0 Å². The highest BCUT2D eigenvalue weighted by Gasteiger charge is 2.40.